The van der Waals surface area contributed by atoms with E-state index in [1.165, 1.54) is 4.88 Å². The maximum absolute atomic E-state index is 4.96. The van der Waals surface area contributed by atoms with Gasteiger partial charge in [-0.1, -0.05) is 50.8 Å². The van der Waals surface area contributed by atoms with Crippen molar-refractivity contribution in [3.8, 4) is 22.0 Å². The fourth-order valence-electron chi connectivity index (χ4n) is 4.22. The van der Waals surface area contributed by atoms with Crippen LogP contribution in [0, 0.1) is 0 Å². The number of hydrogen-bond donors (Lipinski definition) is 3. The first-order chi connectivity index (χ1) is 17.6. The van der Waals surface area contributed by atoms with Gasteiger partial charge in [0.1, 0.15) is 5.69 Å². The number of benzene rings is 1. The van der Waals surface area contributed by atoms with Gasteiger partial charge in [-0.3, -0.25) is 10.1 Å². The van der Waals surface area contributed by atoms with Gasteiger partial charge in [-0.2, -0.15) is 5.10 Å². The van der Waals surface area contributed by atoms with Crippen LogP contribution in [-0.4, -0.2) is 25.1 Å². The minimum atomic E-state index is 0.722. The number of H-pyrrole nitrogens is 2. The first-order valence-corrected chi connectivity index (χ1v) is 12.8. The number of aromatic amines is 2. The summed E-state index contributed by atoms with van der Waals surface area (Å²) in [5.74, 6) is 0.722. The minimum Gasteiger partial charge on any atom is -0.359 e. The van der Waals surface area contributed by atoms with Crippen molar-refractivity contribution in [1.29, 1.82) is 0 Å². The second-order valence-corrected chi connectivity index (χ2v) is 9.43. The Balaban J connectivity index is 1.54. The molecule has 0 unspecified atom stereocenters. The van der Waals surface area contributed by atoms with Crippen LogP contribution in [0.15, 0.2) is 90.8 Å². The Labute approximate surface area is 214 Å². The molecule has 5 rings (SSSR count). The number of nitrogens with zero attached hydrogens (tertiary/aromatic N) is 3. The highest BCUT2D eigenvalue weighted by Crippen LogP contribution is 2.33. The van der Waals surface area contributed by atoms with Crippen molar-refractivity contribution in [1.82, 2.24) is 30.5 Å². The van der Waals surface area contributed by atoms with Crippen molar-refractivity contribution < 1.29 is 0 Å². The molecule has 0 aliphatic carbocycles. The Morgan fingerprint density at radius 1 is 1.19 bits per heavy atom. The van der Waals surface area contributed by atoms with E-state index in [9.17, 15) is 0 Å². The van der Waals surface area contributed by atoms with Gasteiger partial charge in [0.05, 0.1) is 28.4 Å². The molecule has 0 saturated carbocycles. The van der Waals surface area contributed by atoms with E-state index in [4.69, 9.17) is 4.98 Å². The number of thiophene rings is 1. The second-order valence-electron chi connectivity index (χ2n) is 8.48. The lowest BCUT2D eigenvalue weighted by Gasteiger charge is -2.11. The Morgan fingerprint density at radius 3 is 2.83 bits per heavy atom. The van der Waals surface area contributed by atoms with Gasteiger partial charge in [-0.05, 0) is 54.6 Å². The van der Waals surface area contributed by atoms with Crippen LogP contribution in [0.2, 0.25) is 0 Å². The fraction of sp³-hybridized carbons (Fsp3) is 0.138. The van der Waals surface area contributed by atoms with Crippen molar-refractivity contribution in [2.45, 2.75) is 26.7 Å². The Morgan fingerprint density at radius 2 is 2.08 bits per heavy atom. The highest BCUT2D eigenvalue weighted by Gasteiger charge is 2.16. The van der Waals surface area contributed by atoms with E-state index >= 15 is 0 Å². The number of allylic oxidation sites excluding steroid dienone is 5. The van der Waals surface area contributed by atoms with E-state index < -0.39 is 0 Å². The summed E-state index contributed by atoms with van der Waals surface area (Å²) >= 11 is 1.71. The van der Waals surface area contributed by atoms with Gasteiger partial charge in [-0.25, -0.2) is 4.98 Å². The van der Waals surface area contributed by atoms with Crippen LogP contribution in [-0.2, 0) is 0 Å². The summed E-state index contributed by atoms with van der Waals surface area (Å²) < 4.78 is 0. The third-order valence-corrected chi connectivity index (χ3v) is 6.88. The number of para-hydroxylation sites is 1. The van der Waals surface area contributed by atoms with Crippen molar-refractivity contribution in [3.05, 3.63) is 96.4 Å². The zero-order valence-electron chi connectivity index (χ0n) is 20.4. The number of pyridine rings is 1. The lowest BCUT2D eigenvalue weighted by atomic mass is 10.1. The predicted molar refractivity (Wildman–Crippen MR) is 151 cm³/mol. The quantitative estimate of drug-likeness (QED) is 0.185. The van der Waals surface area contributed by atoms with Crippen LogP contribution in [0.4, 0.5) is 0 Å². The number of fused-ring (bicyclic) bond motifs is 2. The van der Waals surface area contributed by atoms with E-state index in [0.717, 1.165) is 74.5 Å². The van der Waals surface area contributed by atoms with Crippen LogP contribution in [0.25, 0.3) is 49.5 Å². The molecule has 1 aromatic carbocycles. The number of imidazole rings is 1. The summed E-state index contributed by atoms with van der Waals surface area (Å²) in [7, 11) is 0. The van der Waals surface area contributed by atoms with Gasteiger partial charge in [0.15, 0.2) is 5.82 Å². The minimum absolute atomic E-state index is 0.722. The largest absolute Gasteiger partial charge is 0.359 e. The van der Waals surface area contributed by atoms with Gasteiger partial charge in [0.2, 0.25) is 0 Å². The molecule has 4 aromatic heterocycles. The average molecular weight is 493 g/mol. The number of hydrogen-bond acceptors (Lipinski definition) is 5. The SMILES string of the molecule is C=C/C(=C\C(=C/C)c1cc2c(-c3nc4c(-c5cccs5)cccc4[nH]3)n[nH]c2cn1)NC(=C)CCC. The van der Waals surface area contributed by atoms with Crippen LogP contribution in [0.3, 0.4) is 0 Å². The zero-order chi connectivity index (χ0) is 25.1. The van der Waals surface area contributed by atoms with Crippen LogP contribution < -0.4 is 5.32 Å². The number of rotatable bonds is 9. The molecular formula is C29H28N6S. The van der Waals surface area contributed by atoms with E-state index in [1.807, 2.05) is 31.3 Å². The van der Waals surface area contributed by atoms with Gasteiger partial charge in [0, 0.05) is 27.2 Å². The third kappa shape index (κ3) is 4.53. The molecule has 180 valence electrons. The Kier molecular flexibility index (Phi) is 6.64. The van der Waals surface area contributed by atoms with Gasteiger partial charge >= 0.3 is 0 Å². The smallest absolute Gasteiger partial charge is 0.159 e. The molecule has 5 aromatic rings. The molecule has 0 atom stereocenters. The van der Waals surface area contributed by atoms with Gasteiger partial charge in [-0.15, -0.1) is 11.3 Å². The molecular weight excluding hydrogens is 464 g/mol. The summed E-state index contributed by atoms with van der Waals surface area (Å²) in [5.41, 5.74) is 8.30. The molecule has 4 heterocycles. The van der Waals surface area contributed by atoms with Crippen molar-refractivity contribution in [3.63, 3.8) is 0 Å². The lowest BCUT2D eigenvalue weighted by Crippen LogP contribution is -2.10. The van der Waals surface area contributed by atoms with Crippen molar-refractivity contribution in [2.24, 2.45) is 0 Å². The summed E-state index contributed by atoms with van der Waals surface area (Å²) in [4.78, 5) is 14.3. The second kappa shape index (κ2) is 10.2. The maximum atomic E-state index is 4.96. The molecule has 0 aliphatic heterocycles. The third-order valence-electron chi connectivity index (χ3n) is 5.98. The summed E-state index contributed by atoms with van der Waals surface area (Å²) in [5, 5.41) is 14.1. The van der Waals surface area contributed by atoms with Crippen molar-refractivity contribution in [2.75, 3.05) is 0 Å². The van der Waals surface area contributed by atoms with E-state index in [2.05, 4.69) is 81.3 Å². The van der Waals surface area contributed by atoms with E-state index in [1.54, 1.807) is 17.4 Å². The number of aromatic nitrogens is 5. The highest BCUT2D eigenvalue weighted by molar-refractivity contribution is 7.13. The molecule has 0 bridgehead atoms. The van der Waals surface area contributed by atoms with E-state index in [0.29, 0.717) is 0 Å². The van der Waals surface area contributed by atoms with Gasteiger partial charge < -0.3 is 10.3 Å². The van der Waals surface area contributed by atoms with Gasteiger partial charge in [0.25, 0.3) is 0 Å². The van der Waals surface area contributed by atoms with Crippen LogP contribution in [0.1, 0.15) is 32.4 Å². The molecule has 36 heavy (non-hydrogen) atoms. The Hall–Kier alpha value is -4.23. The first-order valence-electron chi connectivity index (χ1n) is 11.9. The first kappa shape index (κ1) is 23.5. The predicted octanol–water partition coefficient (Wildman–Crippen LogP) is 7.61. The molecule has 7 heteroatoms. The van der Waals surface area contributed by atoms with E-state index in [-0.39, 0.29) is 0 Å². The molecule has 6 nitrogen and oxygen atoms in total. The van der Waals surface area contributed by atoms with Crippen molar-refractivity contribution >= 4 is 38.8 Å². The molecule has 0 spiro atoms. The molecule has 3 N–H and O–H groups in total. The summed E-state index contributed by atoms with van der Waals surface area (Å²) in [6.45, 7) is 12.2. The molecule has 0 aliphatic rings. The highest BCUT2D eigenvalue weighted by atomic mass is 32.1. The topological polar surface area (TPSA) is 82.3 Å². The number of nitrogens with one attached hydrogen (secondary N) is 3. The van der Waals surface area contributed by atoms with Crippen LogP contribution >= 0.6 is 11.3 Å². The zero-order valence-corrected chi connectivity index (χ0v) is 21.2. The van der Waals surface area contributed by atoms with Crippen LogP contribution in [0.5, 0.6) is 0 Å². The summed E-state index contributed by atoms with van der Waals surface area (Å²) in [6, 6.07) is 12.4. The molecule has 0 amide bonds. The molecule has 0 radical (unpaired) electrons. The fourth-order valence-corrected chi connectivity index (χ4v) is 4.97. The standard InChI is InChI=1S/C29H28N6S/c1-5-10-18(4)31-20(7-3)15-19(6-2)24-16-22-25(17-30-24)34-35-28(22)29-32-23-12-8-11-21(27(23)33-29)26-13-9-14-36-26/h6-9,11-17,31H,3-5,10H2,1-2H3,(H,32,33)(H,34,35)/b19-6+,20-15+. The normalized spacial score (nSPS) is 12.4. The molecule has 0 fully saturated rings. The maximum Gasteiger partial charge on any atom is 0.159 e. The summed E-state index contributed by atoms with van der Waals surface area (Å²) in [6.07, 6.45) is 9.63. The molecule has 0 saturated heterocycles. The lowest BCUT2D eigenvalue weighted by molar-refractivity contribution is 0.829. The average Bonchev–Trinajstić information content (AvgIpc) is 3.65. The Bertz CT molecular complexity index is 1610. The monoisotopic (exact) mass is 492 g/mol.